The summed E-state index contributed by atoms with van der Waals surface area (Å²) in [6, 6.07) is 0. The number of fused-ring (bicyclic) bond motifs is 1. The lowest BCUT2D eigenvalue weighted by Gasteiger charge is -1.94. The Hall–Kier alpha value is -1.20. The molecule has 0 amide bonds. The summed E-state index contributed by atoms with van der Waals surface area (Å²) in [5.41, 5.74) is 5.08. The number of nitrogens with one attached hydrogen (secondary N) is 1. The van der Waals surface area contributed by atoms with Gasteiger partial charge in [0.2, 0.25) is 0 Å². The smallest absolute Gasteiger partial charge is 0.183 e. The number of aryl methyl sites for hydroxylation is 1. The summed E-state index contributed by atoms with van der Waals surface area (Å²) in [5, 5.41) is 7.29. The summed E-state index contributed by atoms with van der Waals surface area (Å²) in [7, 11) is 0. The van der Waals surface area contributed by atoms with Crippen molar-refractivity contribution < 1.29 is 4.52 Å². The minimum atomic E-state index is 0.816. The molecule has 0 saturated heterocycles. The third-order valence-electron chi connectivity index (χ3n) is 2.42. The summed E-state index contributed by atoms with van der Waals surface area (Å²) in [5.74, 6) is 0.894. The van der Waals surface area contributed by atoms with E-state index in [1.54, 1.807) is 11.3 Å². The number of hydrogen-bond acceptors (Lipinski definition) is 5. The van der Waals surface area contributed by atoms with Gasteiger partial charge in [-0.2, -0.15) is 0 Å². The summed E-state index contributed by atoms with van der Waals surface area (Å²) in [4.78, 5) is 5.31. The standard InChI is InChI=1S/C9H9N3OS/c1-5-9(14-4-11-5)8-6-2-10-3-7(6)12-13-8/h4,10H,2-3H2,1H3. The second kappa shape index (κ2) is 2.90. The van der Waals surface area contributed by atoms with E-state index in [4.69, 9.17) is 4.52 Å². The highest BCUT2D eigenvalue weighted by molar-refractivity contribution is 7.13. The highest BCUT2D eigenvalue weighted by atomic mass is 32.1. The van der Waals surface area contributed by atoms with Gasteiger partial charge in [0.05, 0.1) is 16.1 Å². The minimum absolute atomic E-state index is 0.816. The normalized spacial score (nSPS) is 14.6. The van der Waals surface area contributed by atoms with Gasteiger partial charge in [0.15, 0.2) is 5.76 Å². The first-order valence-electron chi connectivity index (χ1n) is 4.45. The van der Waals surface area contributed by atoms with Crippen LogP contribution in [0.5, 0.6) is 0 Å². The van der Waals surface area contributed by atoms with E-state index in [0.29, 0.717) is 0 Å². The molecule has 3 heterocycles. The fourth-order valence-electron chi connectivity index (χ4n) is 1.67. The molecule has 72 valence electrons. The van der Waals surface area contributed by atoms with Gasteiger partial charge in [-0.3, -0.25) is 0 Å². The molecule has 0 aromatic carbocycles. The summed E-state index contributed by atoms with van der Waals surface area (Å²) in [6.45, 7) is 3.66. The number of hydrogen-bond donors (Lipinski definition) is 1. The summed E-state index contributed by atoms with van der Waals surface area (Å²) < 4.78 is 5.34. The maximum absolute atomic E-state index is 5.34. The third-order valence-corrected chi connectivity index (χ3v) is 3.34. The Morgan fingerprint density at radius 3 is 3.21 bits per heavy atom. The van der Waals surface area contributed by atoms with E-state index >= 15 is 0 Å². The lowest BCUT2D eigenvalue weighted by Crippen LogP contribution is -2.01. The Balaban J connectivity index is 2.17. The monoisotopic (exact) mass is 207 g/mol. The van der Waals surface area contributed by atoms with Gasteiger partial charge in [0.25, 0.3) is 0 Å². The van der Waals surface area contributed by atoms with E-state index in [1.165, 1.54) is 5.56 Å². The van der Waals surface area contributed by atoms with Crippen LogP contribution in [0.4, 0.5) is 0 Å². The molecule has 3 rings (SSSR count). The molecule has 0 radical (unpaired) electrons. The van der Waals surface area contributed by atoms with E-state index < -0.39 is 0 Å². The van der Waals surface area contributed by atoms with E-state index in [-0.39, 0.29) is 0 Å². The van der Waals surface area contributed by atoms with Crippen LogP contribution < -0.4 is 5.32 Å². The molecule has 0 bridgehead atoms. The lowest BCUT2D eigenvalue weighted by molar-refractivity contribution is 0.418. The van der Waals surface area contributed by atoms with Crippen molar-refractivity contribution in [3.8, 4) is 10.6 Å². The molecule has 2 aromatic heterocycles. The predicted octanol–water partition coefficient (Wildman–Crippen LogP) is 1.71. The highest BCUT2D eigenvalue weighted by Gasteiger charge is 2.23. The molecule has 1 N–H and O–H groups in total. The van der Waals surface area contributed by atoms with Crippen LogP contribution in [-0.2, 0) is 13.1 Å². The van der Waals surface area contributed by atoms with Gasteiger partial charge >= 0.3 is 0 Å². The molecule has 5 heteroatoms. The minimum Gasteiger partial charge on any atom is -0.355 e. The van der Waals surface area contributed by atoms with Crippen molar-refractivity contribution in [1.29, 1.82) is 0 Å². The van der Waals surface area contributed by atoms with Crippen molar-refractivity contribution in [2.75, 3.05) is 0 Å². The van der Waals surface area contributed by atoms with Crippen LogP contribution in [0.2, 0.25) is 0 Å². The predicted molar refractivity (Wildman–Crippen MR) is 52.9 cm³/mol. The van der Waals surface area contributed by atoms with Gasteiger partial charge in [-0.15, -0.1) is 11.3 Å². The number of nitrogens with zero attached hydrogens (tertiary/aromatic N) is 2. The Bertz CT molecular complexity index is 474. The first-order valence-corrected chi connectivity index (χ1v) is 5.33. The SMILES string of the molecule is Cc1ncsc1-c1onc2c1CNC2. The van der Waals surface area contributed by atoms with Gasteiger partial charge in [-0.25, -0.2) is 4.98 Å². The van der Waals surface area contributed by atoms with E-state index in [2.05, 4.69) is 15.5 Å². The summed E-state index contributed by atoms with van der Waals surface area (Å²) >= 11 is 1.60. The third kappa shape index (κ3) is 1.03. The molecule has 0 spiro atoms. The van der Waals surface area contributed by atoms with E-state index in [1.807, 2.05) is 12.4 Å². The molecule has 4 nitrogen and oxygen atoms in total. The zero-order valence-corrected chi connectivity index (χ0v) is 8.52. The fraction of sp³-hybridized carbons (Fsp3) is 0.333. The Morgan fingerprint density at radius 2 is 2.43 bits per heavy atom. The molecule has 0 unspecified atom stereocenters. The molecule has 14 heavy (non-hydrogen) atoms. The quantitative estimate of drug-likeness (QED) is 0.773. The van der Waals surface area contributed by atoms with E-state index in [9.17, 15) is 0 Å². The van der Waals surface area contributed by atoms with Crippen LogP contribution in [0.1, 0.15) is 17.0 Å². The zero-order valence-electron chi connectivity index (χ0n) is 7.70. The maximum Gasteiger partial charge on any atom is 0.183 e. The van der Waals surface area contributed by atoms with Crippen LogP contribution in [0, 0.1) is 6.92 Å². The van der Waals surface area contributed by atoms with Crippen molar-refractivity contribution in [3.63, 3.8) is 0 Å². The second-order valence-electron chi connectivity index (χ2n) is 3.31. The zero-order chi connectivity index (χ0) is 9.54. The average molecular weight is 207 g/mol. The Labute approximate surface area is 85.0 Å². The fourth-order valence-corrected chi connectivity index (χ4v) is 2.47. The van der Waals surface area contributed by atoms with Crippen LogP contribution in [-0.4, -0.2) is 10.1 Å². The van der Waals surface area contributed by atoms with Crippen molar-refractivity contribution in [2.24, 2.45) is 0 Å². The van der Waals surface area contributed by atoms with Gasteiger partial charge < -0.3 is 9.84 Å². The average Bonchev–Trinajstić information content (AvgIpc) is 2.78. The highest BCUT2D eigenvalue weighted by Crippen LogP contribution is 2.33. The number of aromatic nitrogens is 2. The van der Waals surface area contributed by atoms with Crippen LogP contribution in [0.15, 0.2) is 10.0 Å². The van der Waals surface area contributed by atoms with Gasteiger partial charge in [-0.1, -0.05) is 5.16 Å². The lowest BCUT2D eigenvalue weighted by atomic mass is 10.2. The van der Waals surface area contributed by atoms with Crippen molar-refractivity contribution in [2.45, 2.75) is 20.0 Å². The molecule has 0 aliphatic carbocycles. The second-order valence-corrected chi connectivity index (χ2v) is 4.16. The largest absolute Gasteiger partial charge is 0.355 e. The molecule has 0 saturated carbocycles. The molecular weight excluding hydrogens is 198 g/mol. The Morgan fingerprint density at radius 1 is 1.50 bits per heavy atom. The molecule has 1 aliphatic rings. The Kier molecular flexibility index (Phi) is 1.68. The van der Waals surface area contributed by atoms with Gasteiger partial charge in [-0.05, 0) is 6.92 Å². The molecule has 0 fully saturated rings. The van der Waals surface area contributed by atoms with Crippen LogP contribution in [0.3, 0.4) is 0 Å². The van der Waals surface area contributed by atoms with Crippen molar-refractivity contribution >= 4 is 11.3 Å². The van der Waals surface area contributed by atoms with Crippen LogP contribution >= 0.6 is 11.3 Å². The molecule has 2 aromatic rings. The molecule has 0 atom stereocenters. The number of thiazole rings is 1. The van der Waals surface area contributed by atoms with Crippen molar-refractivity contribution in [3.05, 3.63) is 22.5 Å². The first kappa shape index (κ1) is 8.14. The van der Waals surface area contributed by atoms with Crippen molar-refractivity contribution in [1.82, 2.24) is 15.5 Å². The van der Waals surface area contributed by atoms with Gasteiger partial charge in [0, 0.05) is 18.7 Å². The maximum atomic E-state index is 5.34. The van der Waals surface area contributed by atoms with Gasteiger partial charge in [0.1, 0.15) is 5.69 Å². The molecule has 1 aliphatic heterocycles. The first-order chi connectivity index (χ1) is 6.86. The van der Waals surface area contributed by atoms with E-state index in [0.717, 1.165) is 35.1 Å². The topological polar surface area (TPSA) is 51.0 Å². The number of rotatable bonds is 1. The summed E-state index contributed by atoms with van der Waals surface area (Å²) in [6.07, 6.45) is 0. The molecular formula is C9H9N3OS. The van der Waals surface area contributed by atoms with Crippen LogP contribution in [0.25, 0.3) is 10.6 Å².